The van der Waals surface area contributed by atoms with E-state index in [1.54, 1.807) is 25.4 Å². The van der Waals surface area contributed by atoms with Gasteiger partial charge in [0.1, 0.15) is 24.0 Å². The topological polar surface area (TPSA) is 69.6 Å². The van der Waals surface area contributed by atoms with E-state index in [0.29, 0.717) is 37.3 Å². The summed E-state index contributed by atoms with van der Waals surface area (Å²) >= 11 is 0. The minimum atomic E-state index is -0.917. The van der Waals surface area contributed by atoms with Gasteiger partial charge < -0.3 is 10.0 Å². The van der Waals surface area contributed by atoms with Crippen LogP contribution in [0, 0.1) is 12.7 Å². The van der Waals surface area contributed by atoms with Crippen LogP contribution in [0.25, 0.3) is 0 Å². The van der Waals surface area contributed by atoms with Gasteiger partial charge in [0.15, 0.2) is 0 Å². The summed E-state index contributed by atoms with van der Waals surface area (Å²) in [6, 6.07) is 5.73. The van der Waals surface area contributed by atoms with Gasteiger partial charge in [0.05, 0.1) is 0 Å². The quantitative estimate of drug-likeness (QED) is 0.885. The molecule has 26 heavy (non-hydrogen) atoms. The first-order chi connectivity index (χ1) is 12.5. The second kappa shape index (κ2) is 7.78. The Morgan fingerprint density at radius 3 is 2.58 bits per heavy atom. The van der Waals surface area contributed by atoms with E-state index in [1.807, 2.05) is 17.9 Å². The van der Waals surface area contributed by atoms with Crippen LogP contribution >= 0.6 is 0 Å². The molecular weight excluding hydrogens is 335 g/mol. The number of anilines is 1. The fraction of sp³-hybridized carbons (Fsp3) is 0.421. The smallest absolute Gasteiger partial charge is 0.325 e. The number of aromatic nitrogens is 2. The van der Waals surface area contributed by atoms with E-state index >= 15 is 0 Å². The molecule has 1 saturated heterocycles. The minimum Gasteiger partial charge on any atom is -0.480 e. The molecule has 2 heterocycles. The van der Waals surface area contributed by atoms with Crippen LogP contribution in [0.5, 0.6) is 0 Å². The maximum atomic E-state index is 13.5. The Bertz CT molecular complexity index is 791. The highest BCUT2D eigenvalue weighted by Gasteiger charge is 2.31. The van der Waals surface area contributed by atoms with Crippen molar-refractivity contribution in [3.63, 3.8) is 0 Å². The van der Waals surface area contributed by atoms with Crippen LogP contribution in [-0.2, 0) is 11.2 Å². The van der Waals surface area contributed by atoms with Crippen LogP contribution < -0.4 is 4.90 Å². The Morgan fingerprint density at radius 2 is 1.96 bits per heavy atom. The maximum Gasteiger partial charge on any atom is 0.325 e. The van der Waals surface area contributed by atoms with Gasteiger partial charge in [-0.2, -0.15) is 0 Å². The maximum absolute atomic E-state index is 13.5. The van der Waals surface area contributed by atoms with E-state index < -0.39 is 12.0 Å². The molecule has 1 N–H and O–H groups in total. The van der Waals surface area contributed by atoms with Crippen molar-refractivity contribution >= 4 is 11.8 Å². The molecule has 0 amide bonds. The number of piperazine rings is 1. The number of hydrogen-bond acceptors (Lipinski definition) is 5. The summed E-state index contributed by atoms with van der Waals surface area (Å²) in [7, 11) is 0. The van der Waals surface area contributed by atoms with Crippen molar-refractivity contribution in [3.05, 3.63) is 53.2 Å². The van der Waals surface area contributed by atoms with E-state index in [9.17, 15) is 14.3 Å². The van der Waals surface area contributed by atoms with E-state index in [-0.39, 0.29) is 5.82 Å². The number of nitrogens with zero attached hydrogens (tertiary/aromatic N) is 4. The summed E-state index contributed by atoms with van der Waals surface area (Å²) in [4.78, 5) is 24.5. The predicted octanol–water partition coefficient (Wildman–Crippen LogP) is 2.43. The number of halogens is 1. The standard InChI is InChI=1S/C19H23FN4O2/c1-3-15-11-17(22-12-21-15)23-6-8-24(9-7-23)18(19(25)26)14-4-5-16(20)13(2)10-14/h4-5,10-12,18H,3,6-9H2,1-2H3,(H,25,26). The molecule has 7 heteroatoms. The van der Waals surface area contributed by atoms with Gasteiger partial charge >= 0.3 is 5.97 Å². The summed E-state index contributed by atoms with van der Waals surface area (Å²) in [5, 5.41) is 9.72. The lowest BCUT2D eigenvalue weighted by molar-refractivity contribution is -0.143. The van der Waals surface area contributed by atoms with Crippen molar-refractivity contribution in [2.24, 2.45) is 0 Å². The zero-order valence-corrected chi connectivity index (χ0v) is 15.0. The van der Waals surface area contributed by atoms with Gasteiger partial charge in [0.2, 0.25) is 0 Å². The van der Waals surface area contributed by atoms with E-state index in [2.05, 4.69) is 14.9 Å². The van der Waals surface area contributed by atoms with Gasteiger partial charge in [-0.1, -0.05) is 19.1 Å². The first-order valence-electron chi connectivity index (χ1n) is 8.78. The first kappa shape index (κ1) is 18.3. The number of carboxylic acids is 1. The second-order valence-electron chi connectivity index (χ2n) is 6.49. The van der Waals surface area contributed by atoms with Crippen molar-refractivity contribution in [2.75, 3.05) is 31.1 Å². The number of rotatable bonds is 5. The molecule has 1 atom stereocenters. The van der Waals surface area contributed by atoms with Crippen LogP contribution in [0.4, 0.5) is 10.2 Å². The summed E-state index contributed by atoms with van der Waals surface area (Å²) in [6.07, 6.45) is 2.42. The second-order valence-corrected chi connectivity index (χ2v) is 6.49. The highest BCUT2D eigenvalue weighted by atomic mass is 19.1. The molecule has 1 aliphatic rings. The molecule has 0 saturated carbocycles. The highest BCUT2D eigenvalue weighted by molar-refractivity contribution is 5.75. The minimum absolute atomic E-state index is 0.321. The Balaban J connectivity index is 1.73. The van der Waals surface area contributed by atoms with Gasteiger partial charge in [0, 0.05) is 37.9 Å². The SMILES string of the molecule is CCc1cc(N2CCN(C(C(=O)O)c3ccc(F)c(C)c3)CC2)ncn1. The third kappa shape index (κ3) is 3.83. The van der Waals surface area contributed by atoms with Crippen molar-refractivity contribution in [2.45, 2.75) is 26.3 Å². The molecule has 1 aliphatic heterocycles. The lowest BCUT2D eigenvalue weighted by Crippen LogP contribution is -2.49. The molecule has 3 rings (SSSR count). The van der Waals surface area contributed by atoms with Gasteiger partial charge in [-0.25, -0.2) is 14.4 Å². The van der Waals surface area contributed by atoms with Gasteiger partial charge in [-0.05, 0) is 30.5 Å². The van der Waals surface area contributed by atoms with E-state index in [0.717, 1.165) is 17.9 Å². The molecule has 1 fully saturated rings. The Morgan fingerprint density at radius 1 is 1.23 bits per heavy atom. The molecule has 1 aromatic carbocycles. The molecule has 6 nitrogen and oxygen atoms in total. The van der Waals surface area contributed by atoms with Crippen LogP contribution in [0.15, 0.2) is 30.6 Å². The average molecular weight is 358 g/mol. The lowest BCUT2D eigenvalue weighted by Gasteiger charge is -2.38. The normalized spacial score (nSPS) is 16.5. The number of carbonyl (C=O) groups is 1. The number of benzene rings is 1. The fourth-order valence-corrected chi connectivity index (χ4v) is 3.31. The zero-order valence-electron chi connectivity index (χ0n) is 15.0. The fourth-order valence-electron chi connectivity index (χ4n) is 3.31. The molecule has 1 aromatic heterocycles. The van der Waals surface area contributed by atoms with Crippen molar-refractivity contribution in [3.8, 4) is 0 Å². The lowest BCUT2D eigenvalue weighted by atomic mass is 10.0. The van der Waals surface area contributed by atoms with Crippen molar-refractivity contribution in [1.29, 1.82) is 0 Å². The molecule has 0 spiro atoms. The number of aryl methyl sites for hydroxylation is 2. The van der Waals surface area contributed by atoms with Crippen LogP contribution in [-0.4, -0.2) is 52.1 Å². The van der Waals surface area contributed by atoms with Gasteiger partial charge in [-0.3, -0.25) is 9.69 Å². The zero-order chi connectivity index (χ0) is 18.7. The highest BCUT2D eigenvalue weighted by Crippen LogP contribution is 2.25. The number of aliphatic carboxylic acids is 1. The van der Waals surface area contributed by atoms with Crippen LogP contribution in [0.2, 0.25) is 0 Å². The third-order valence-electron chi connectivity index (χ3n) is 4.81. The summed E-state index contributed by atoms with van der Waals surface area (Å²) in [5.41, 5.74) is 2.06. The Labute approximate surface area is 152 Å². The number of hydrogen-bond donors (Lipinski definition) is 1. The Hall–Kier alpha value is -2.54. The summed E-state index contributed by atoms with van der Waals surface area (Å²) in [6.45, 7) is 6.26. The average Bonchev–Trinajstić information content (AvgIpc) is 2.65. The van der Waals surface area contributed by atoms with Crippen molar-refractivity contribution < 1.29 is 14.3 Å². The molecule has 0 aliphatic carbocycles. The number of carboxylic acid groups (broad SMARTS) is 1. The molecule has 2 aromatic rings. The van der Waals surface area contributed by atoms with Gasteiger partial charge in [-0.15, -0.1) is 0 Å². The molecule has 0 radical (unpaired) electrons. The molecular formula is C19H23FN4O2. The molecule has 138 valence electrons. The first-order valence-corrected chi connectivity index (χ1v) is 8.78. The predicted molar refractivity (Wildman–Crippen MR) is 96.7 cm³/mol. The van der Waals surface area contributed by atoms with Crippen molar-refractivity contribution in [1.82, 2.24) is 14.9 Å². The molecule has 0 bridgehead atoms. The van der Waals surface area contributed by atoms with Gasteiger partial charge in [0.25, 0.3) is 0 Å². The third-order valence-corrected chi connectivity index (χ3v) is 4.81. The largest absolute Gasteiger partial charge is 0.480 e. The van der Waals surface area contributed by atoms with Crippen LogP contribution in [0.1, 0.15) is 29.8 Å². The summed E-state index contributed by atoms with van der Waals surface area (Å²) in [5.74, 6) is -0.362. The van der Waals surface area contributed by atoms with Crippen LogP contribution in [0.3, 0.4) is 0 Å². The summed E-state index contributed by atoms with van der Waals surface area (Å²) < 4.78 is 13.5. The monoisotopic (exact) mass is 358 g/mol. The Kier molecular flexibility index (Phi) is 5.46. The molecule has 1 unspecified atom stereocenters. The van der Waals surface area contributed by atoms with E-state index in [1.165, 1.54) is 6.07 Å². The van der Waals surface area contributed by atoms with E-state index in [4.69, 9.17) is 0 Å².